The fourth-order valence-electron chi connectivity index (χ4n) is 18.9. The first-order valence-corrected chi connectivity index (χ1v) is 50.0. The molecule has 0 fully saturated rings. The third kappa shape index (κ3) is 18.6. The fraction of sp³-hybridized carbons (Fsp3) is 0.316. The monoisotopic (exact) mass is 1810 g/mol. The van der Waals surface area contributed by atoms with E-state index in [1.165, 1.54) is 23.3 Å². The standard InChI is InChI=1S/C34H38N2O6S2.C32H36N2O6S2.C29H30N2O6S2/c1-24(44(40,41)42)21-22-35-28-16-12-11-15-27(28)33(2,3)30(35)17-7-6-8-18-31-34(4,5)32-26-14-10-9-13-25(26)19-20-29(32)36(31)23-43(37,38)39;1-22(42(38,39)40)19-20-33-27-18-17-23-11-6-7-12-24(23)30(27)32(4,5)29(33)16-10-15-28-31(2,3)25-13-8-9-14-26(25)34(28)21-41(35,36)37;1-28(2)22-12-7-8-13-23(22)30(18-38(32,33)34)25(28)14-9-15-26-29(3,4)27-21-11-6-5-10-20(21)16-17-24(27)31(26)19-39(35,36)37/h6-20,24H,21-23H2,1-5H3,(H-,37,38,39,40,41,42);6-18,22H,19-21H2,1-5H3,(H-,35,36,37,38,39,40);5-17H,18-19H2,1-4H3,(H-,32,33,34,35,36,37)/p-3. The number of hydrogen-bond donors (Lipinski definition) is 0. The van der Waals surface area contributed by atoms with Crippen molar-refractivity contribution in [3.05, 3.63) is 299 Å². The van der Waals surface area contributed by atoms with Crippen LogP contribution in [0.25, 0.3) is 32.3 Å². The SMILES string of the molecule is CC(CCN1C(=CC=CC2=[N+](CS(=O)(=O)[O-])c3ccccc3C2(C)C)C(C)(C)c2c1ccc1ccccc21)S(=O)(=O)[O-].CC(CCN1C(=CC=CC=CC2=[N+](CS(=O)(=O)[O-])c3ccc4ccccc4c3C2(C)C)C(C)(C)c2ccccc21)S(=O)(=O)[O-].CC1(C)C(=CC=CC2=[N+](CS(=O)(=O)[O-])c3ccc4ccccc4c3C2(C)C)N(CS(=O)(=O)[O-])c2ccccc21. The average molecular weight is 1810 g/mol. The molecule has 6 aliphatic heterocycles. The van der Waals surface area contributed by atoms with Gasteiger partial charge < -0.3 is 42.0 Å². The molecule has 9 aromatic carbocycles. The van der Waals surface area contributed by atoms with E-state index in [2.05, 4.69) is 55.7 Å². The molecule has 0 spiro atoms. The Morgan fingerprint density at radius 1 is 0.312 bits per heavy atom. The van der Waals surface area contributed by atoms with Gasteiger partial charge in [0.25, 0.3) is 0 Å². The molecule has 0 amide bonds. The Labute approximate surface area is 733 Å². The normalized spacial score (nSPS) is 19.5. The number of para-hydroxylation sites is 3. The second-order valence-corrected chi connectivity index (χ2v) is 44.6. The molecular weight excluding hydrogens is 1710 g/mol. The predicted molar refractivity (Wildman–Crippen MR) is 488 cm³/mol. The van der Waals surface area contributed by atoms with Crippen molar-refractivity contribution in [3.8, 4) is 0 Å². The van der Waals surface area contributed by atoms with Gasteiger partial charge in [0.05, 0.1) is 36.5 Å². The van der Waals surface area contributed by atoms with E-state index in [4.69, 9.17) is 0 Å². The summed E-state index contributed by atoms with van der Waals surface area (Å²) in [5, 5.41) is 4.14. The second-order valence-electron chi connectivity index (χ2n) is 35.6. The largest absolute Gasteiger partial charge is 0.748 e. The third-order valence-corrected chi connectivity index (χ3v) is 29.8. The van der Waals surface area contributed by atoms with Gasteiger partial charge in [-0.2, -0.15) is 13.7 Å². The summed E-state index contributed by atoms with van der Waals surface area (Å²) in [4.78, 5) is 5.66. The van der Waals surface area contributed by atoms with E-state index in [-0.39, 0.29) is 18.3 Å². The molecule has 0 radical (unpaired) electrons. The number of benzene rings is 9. The molecule has 24 nitrogen and oxygen atoms in total. The van der Waals surface area contributed by atoms with Crippen molar-refractivity contribution in [2.45, 2.75) is 153 Å². The Bertz CT molecular complexity index is 6990. The first-order valence-electron chi connectivity index (χ1n) is 40.8. The smallest absolute Gasteiger partial charge is 0.237 e. The molecular formula is C95H101N6O18S6-3. The lowest BCUT2D eigenvalue weighted by atomic mass is 9.79. The zero-order valence-electron chi connectivity index (χ0n) is 72.0. The van der Waals surface area contributed by atoms with Crippen LogP contribution in [0.3, 0.4) is 0 Å². The number of fused-ring (bicyclic) bond motifs is 12. The van der Waals surface area contributed by atoms with E-state index in [0.29, 0.717) is 58.7 Å². The van der Waals surface area contributed by atoms with Crippen LogP contribution in [0.5, 0.6) is 0 Å². The summed E-state index contributed by atoms with van der Waals surface area (Å²) in [6.45, 7) is 27.9. The van der Waals surface area contributed by atoms with Crippen LogP contribution in [0.15, 0.2) is 266 Å². The Balaban J connectivity index is 0.000000161. The van der Waals surface area contributed by atoms with E-state index < -0.39 is 122 Å². The van der Waals surface area contributed by atoms with Gasteiger partial charge in [0, 0.05) is 127 Å². The molecule has 0 aliphatic carbocycles. The Morgan fingerprint density at radius 3 is 1.08 bits per heavy atom. The van der Waals surface area contributed by atoms with E-state index in [9.17, 15) is 77.8 Å². The molecule has 0 N–H and O–H groups in total. The third-order valence-electron chi connectivity index (χ3n) is 25.1. The number of nitrogens with zero attached hydrogens (tertiary/aromatic N) is 6. The maximum Gasteiger partial charge on any atom is 0.237 e. The van der Waals surface area contributed by atoms with Gasteiger partial charge in [0.1, 0.15) is 16.0 Å². The Hall–Kier alpha value is -10.2. The highest BCUT2D eigenvalue weighted by Gasteiger charge is 2.50. The van der Waals surface area contributed by atoms with Crippen LogP contribution in [0, 0.1) is 0 Å². The van der Waals surface area contributed by atoms with Crippen molar-refractivity contribution >= 4 is 144 Å². The number of hydrogen-bond acceptors (Lipinski definition) is 21. The van der Waals surface area contributed by atoms with E-state index in [1.807, 2.05) is 256 Å². The lowest BCUT2D eigenvalue weighted by Crippen LogP contribution is -2.31. The molecule has 6 heterocycles. The molecule has 9 aromatic rings. The van der Waals surface area contributed by atoms with Gasteiger partial charge in [-0.1, -0.05) is 205 Å². The maximum atomic E-state index is 12.0. The van der Waals surface area contributed by atoms with Gasteiger partial charge in [-0.05, 0) is 166 Å². The summed E-state index contributed by atoms with van der Waals surface area (Å²) in [5.41, 5.74) is 11.8. The minimum atomic E-state index is -4.62. The van der Waals surface area contributed by atoms with Crippen molar-refractivity contribution in [2.75, 3.05) is 51.3 Å². The highest BCUT2D eigenvalue weighted by Crippen LogP contribution is 2.54. The molecule has 15 rings (SSSR count). The van der Waals surface area contributed by atoms with Crippen LogP contribution < -0.4 is 14.7 Å². The average Bonchev–Trinajstić information content (AvgIpc) is 1.58. The van der Waals surface area contributed by atoms with Gasteiger partial charge in [-0.25, -0.2) is 50.5 Å². The molecule has 658 valence electrons. The molecule has 30 heteroatoms. The maximum absolute atomic E-state index is 12.0. The lowest BCUT2D eigenvalue weighted by molar-refractivity contribution is -0.416. The molecule has 0 saturated carbocycles. The quantitative estimate of drug-likeness (QED) is 0.0326. The predicted octanol–water partition coefficient (Wildman–Crippen LogP) is 15.6. The Kier molecular flexibility index (Phi) is 25.1. The van der Waals surface area contributed by atoms with Gasteiger partial charge in [0.2, 0.25) is 34.7 Å². The van der Waals surface area contributed by atoms with E-state index >= 15 is 0 Å². The summed E-state index contributed by atoms with van der Waals surface area (Å²) in [6.07, 6.45) is 20.6. The minimum Gasteiger partial charge on any atom is -0.748 e. The van der Waals surface area contributed by atoms with Crippen LogP contribution >= 0.6 is 0 Å². The first kappa shape index (κ1) is 92.5. The number of allylic oxidation sites excluding steroid dienone is 14. The molecule has 0 saturated heterocycles. The molecule has 0 aromatic heterocycles. The molecule has 6 aliphatic rings. The van der Waals surface area contributed by atoms with E-state index in [0.717, 1.165) is 88.5 Å². The second kappa shape index (κ2) is 33.9. The van der Waals surface area contributed by atoms with Crippen molar-refractivity contribution in [1.82, 2.24) is 0 Å². The Morgan fingerprint density at radius 2 is 0.648 bits per heavy atom. The fourth-order valence-corrected chi connectivity index (χ4v) is 22.1. The van der Waals surface area contributed by atoms with Crippen LogP contribution in [-0.4, -0.2) is 156 Å². The van der Waals surface area contributed by atoms with Gasteiger partial charge in [0.15, 0.2) is 47.5 Å². The van der Waals surface area contributed by atoms with Crippen LogP contribution in [-0.2, 0) is 93.2 Å². The van der Waals surface area contributed by atoms with Crippen molar-refractivity contribution in [1.29, 1.82) is 0 Å². The molecule has 2 unspecified atom stereocenters. The molecule has 2 atom stereocenters. The van der Waals surface area contributed by atoms with E-state index in [1.54, 1.807) is 39.5 Å². The molecule has 125 heavy (non-hydrogen) atoms. The number of rotatable bonds is 23. The van der Waals surface area contributed by atoms with Crippen molar-refractivity contribution < 1.29 is 91.5 Å². The van der Waals surface area contributed by atoms with Gasteiger partial charge in [-0.3, -0.25) is 0 Å². The van der Waals surface area contributed by atoms with Crippen molar-refractivity contribution in [2.24, 2.45) is 0 Å². The van der Waals surface area contributed by atoms with Gasteiger partial charge >= 0.3 is 0 Å². The van der Waals surface area contributed by atoms with Crippen molar-refractivity contribution in [3.63, 3.8) is 0 Å². The minimum absolute atomic E-state index is 0.157. The van der Waals surface area contributed by atoms with Gasteiger partial charge in [-0.15, -0.1) is 0 Å². The van der Waals surface area contributed by atoms with Crippen LogP contribution in [0.2, 0.25) is 0 Å². The summed E-state index contributed by atoms with van der Waals surface area (Å²) in [6, 6.07) is 58.2. The highest BCUT2D eigenvalue weighted by molar-refractivity contribution is 7.87. The van der Waals surface area contributed by atoms with Crippen LogP contribution in [0.1, 0.15) is 143 Å². The number of anilines is 3. The summed E-state index contributed by atoms with van der Waals surface area (Å²) in [5.74, 6) is -2.79. The lowest BCUT2D eigenvalue weighted by Gasteiger charge is -2.28. The van der Waals surface area contributed by atoms with Crippen LogP contribution in [0.4, 0.5) is 34.1 Å². The summed E-state index contributed by atoms with van der Waals surface area (Å²) >= 11 is 0. The summed E-state index contributed by atoms with van der Waals surface area (Å²) < 4.78 is 217. The zero-order chi connectivity index (χ0) is 91.1. The zero-order valence-corrected chi connectivity index (χ0v) is 76.9. The topological polar surface area (TPSA) is 362 Å². The highest BCUT2D eigenvalue weighted by atomic mass is 32.2. The first-order chi connectivity index (χ1) is 58.2. The summed E-state index contributed by atoms with van der Waals surface area (Å²) in [7, 11) is -27.2. The molecule has 0 bridgehead atoms.